The first-order valence-electron chi connectivity index (χ1n) is 10.8. The minimum absolute atomic E-state index is 0.244. The SMILES string of the molecule is C=CCc1cccc(C=NN2CCN(C(c3ccccc3)c3ccccc3)CC2)c1O. The maximum absolute atomic E-state index is 10.5. The van der Waals surface area contributed by atoms with Gasteiger partial charge in [0.15, 0.2) is 0 Å². The first kappa shape index (κ1) is 20.9. The summed E-state index contributed by atoms with van der Waals surface area (Å²) in [5.74, 6) is 0.290. The van der Waals surface area contributed by atoms with Crippen LogP contribution in [0, 0.1) is 0 Å². The van der Waals surface area contributed by atoms with Crippen LogP contribution in [-0.4, -0.2) is 47.4 Å². The second-order valence-corrected chi connectivity index (χ2v) is 7.81. The van der Waals surface area contributed by atoms with E-state index in [9.17, 15) is 5.11 Å². The van der Waals surface area contributed by atoms with Gasteiger partial charge in [-0.2, -0.15) is 5.10 Å². The van der Waals surface area contributed by atoms with Gasteiger partial charge in [-0.1, -0.05) is 78.9 Å². The Morgan fingerprint density at radius 2 is 1.45 bits per heavy atom. The quantitative estimate of drug-likeness (QED) is 0.446. The monoisotopic (exact) mass is 411 g/mol. The predicted octanol–water partition coefficient (Wildman–Crippen LogP) is 4.86. The second-order valence-electron chi connectivity index (χ2n) is 7.81. The van der Waals surface area contributed by atoms with Gasteiger partial charge in [0.25, 0.3) is 0 Å². The average molecular weight is 412 g/mol. The molecule has 4 heteroatoms. The molecule has 1 saturated heterocycles. The Labute approximate surface area is 184 Å². The van der Waals surface area contributed by atoms with Gasteiger partial charge in [-0.25, -0.2) is 0 Å². The van der Waals surface area contributed by atoms with Gasteiger partial charge in [0, 0.05) is 31.7 Å². The molecule has 0 amide bonds. The van der Waals surface area contributed by atoms with Crippen molar-refractivity contribution in [2.75, 3.05) is 26.2 Å². The summed E-state index contributed by atoms with van der Waals surface area (Å²) in [5.41, 5.74) is 4.25. The number of hydrogen-bond donors (Lipinski definition) is 1. The lowest BCUT2D eigenvalue weighted by atomic mass is 9.96. The van der Waals surface area contributed by atoms with Crippen molar-refractivity contribution in [2.45, 2.75) is 12.5 Å². The molecule has 1 aliphatic rings. The first-order chi connectivity index (χ1) is 15.3. The van der Waals surface area contributed by atoms with Crippen molar-refractivity contribution in [2.24, 2.45) is 5.10 Å². The molecule has 0 bridgehead atoms. The highest BCUT2D eigenvalue weighted by atomic mass is 16.3. The van der Waals surface area contributed by atoms with E-state index in [-0.39, 0.29) is 11.8 Å². The van der Waals surface area contributed by atoms with Crippen molar-refractivity contribution in [1.82, 2.24) is 9.91 Å². The molecule has 0 atom stereocenters. The summed E-state index contributed by atoms with van der Waals surface area (Å²) < 4.78 is 0. The molecule has 1 N–H and O–H groups in total. The lowest BCUT2D eigenvalue weighted by molar-refractivity contribution is 0.113. The number of phenols is 1. The number of phenolic OH excluding ortho intramolecular Hbond substituents is 1. The molecule has 0 aliphatic carbocycles. The van der Waals surface area contributed by atoms with E-state index < -0.39 is 0 Å². The minimum Gasteiger partial charge on any atom is -0.507 e. The molecule has 158 valence electrons. The molecule has 1 aliphatic heterocycles. The van der Waals surface area contributed by atoms with Crippen molar-refractivity contribution < 1.29 is 5.11 Å². The van der Waals surface area contributed by atoms with E-state index in [1.165, 1.54) is 11.1 Å². The lowest BCUT2D eigenvalue weighted by Crippen LogP contribution is -2.45. The van der Waals surface area contributed by atoms with Crippen LogP contribution in [0.2, 0.25) is 0 Å². The van der Waals surface area contributed by atoms with E-state index in [0.29, 0.717) is 6.42 Å². The fourth-order valence-corrected chi connectivity index (χ4v) is 4.15. The normalized spacial score (nSPS) is 14.9. The van der Waals surface area contributed by atoms with E-state index in [1.54, 1.807) is 12.3 Å². The molecule has 0 spiro atoms. The van der Waals surface area contributed by atoms with Crippen LogP contribution in [0.5, 0.6) is 5.75 Å². The van der Waals surface area contributed by atoms with Gasteiger partial charge >= 0.3 is 0 Å². The number of hydrazone groups is 1. The summed E-state index contributed by atoms with van der Waals surface area (Å²) in [6.07, 6.45) is 4.21. The van der Waals surface area contributed by atoms with E-state index in [1.807, 2.05) is 18.2 Å². The van der Waals surface area contributed by atoms with E-state index in [2.05, 4.69) is 82.3 Å². The van der Waals surface area contributed by atoms with Gasteiger partial charge in [0.05, 0.1) is 12.3 Å². The fraction of sp³-hybridized carbons (Fsp3) is 0.222. The summed E-state index contributed by atoms with van der Waals surface area (Å²) >= 11 is 0. The number of piperazine rings is 1. The van der Waals surface area contributed by atoms with Gasteiger partial charge < -0.3 is 5.11 Å². The highest BCUT2D eigenvalue weighted by molar-refractivity contribution is 5.83. The number of aromatic hydroxyl groups is 1. The van der Waals surface area contributed by atoms with Crippen LogP contribution in [0.1, 0.15) is 28.3 Å². The Hall–Kier alpha value is -3.37. The van der Waals surface area contributed by atoms with E-state index >= 15 is 0 Å². The zero-order chi connectivity index (χ0) is 21.5. The molecule has 0 aromatic heterocycles. The summed E-state index contributed by atoms with van der Waals surface area (Å²) in [6.45, 7) is 7.30. The van der Waals surface area contributed by atoms with Crippen molar-refractivity contribution in [3.8, 4) is 5.75 Å². The molecule has 4 nitrogen and oxygen atoms in total. The molecule has 3 aromatic carbocycles. The average Bonchev–Trinajstić information content (AvgIpc) is 2.82. The summed E-state index contributed by atoms with van der Waals surface area (Å²) in [7, 11) is 0. The van der Waals surface area contributed by atoms with Gasteiger partial charge in [-0.05, 0) is 29.2 Å². The Morgan fingerprint density at radius 1 is 0.839 bits per heavy atom. The third kappa shape index (κ3) is 5.04. The highest BCUT2D eigenvalue weighted by Gasteiger charge is 2.25. The fourth-order valence-electron chi connectivity index (χ4n) is 4.15. The molecule has 31 heavy (non-hydrogen) atoms. The molecule has 0 radical (unpaired) electrons. The van der Waals surface area contributed by atoms with Gasteiger partial charge in [0.1, 0.15) is 5.75 Å². The van der Waals surface area contributed by atoms with Crippen LogP contribution in [-0.2, 0) is 6.42 Å². The van der Waals surface area contributed by atoms with Gasteiger partial charge in [-0.15, -0.1) is 6.58 Å². The Balaban J connectivity index is 1.45. The van der Waals surface area contributed by atoms with Crippen LogP contribution in [0.15, 0.2) is 96.6 Å². The standard InChI is InChI=1S/C27H29N3O/c1-2-10-24-15-9-16-25(27(24)31)21-28-30-19-17-29(18-20-30)26(22-11-5-3-6-12-22)23-13-7-4-8-14-23/h2-9,11-16,21,26,31H,1,10,17-20H2. The maximum atomic E-state index is 10.5. The minimum atomic E-state index is 0.244. The number of nitrogens with zero attached hydrogens (tertiary/aromatic N) is 3. The summed E-state index contributed by atoms with van der Waals surface area (Å²) in [6, 6.07) is 27.4. The second kappa shape index (κ2) is 10.1. The Morgan fingerprint density at radius 3 is 2.03 bits per heavy atom. The molecular formula is C27H29N3O. The number of benzene rings is 3. The topological polar surface area (TPSA) is 39.1 Å². The number of para-hydroxylation sites is 1. The third-order valence-electron chi connectivity index (χ3n) is 5.76. The zero-order valence-electron chi connectivity index (χ0n) is 17.8. The summed E-state index contributed by atoms with van der Waals surface area (Å²) in [4.78, 5) is 2.53. The molecular weight excluding hydrogens is 382 g/mol. The third-order valence-corrected chi connectivity index (χ3v) is 5.76. The summed E-state index contributed by atoms with van der Waals surface area (Å²) in [5, 5.41) is 17.2. The van der Waals surface area contributed by atoms with Crippen LogP contribution in [0.25, 0.3) is 0 Å². The molecule has 1 fully saturated rings. The van der Waals surface area contributed by atoms with Crippen LogP contribution >= 0.6 is 0 Å². The molecule has 1 heterocycles. The van der Waals surface area contributed by atoms with Gasteiger partial charge in [-0.3, -0.25) is 9.91 Å². The zero-order valence-corrected chi connectivity index (χ0v) is 17.8. The lowest BCUT2D eigenvalue weighted by Gasteiger charge is -2.38. The van der Waals surface area contributed by atoms with Crippen molar-refractivity contribution in [3.05, 3.63) is 114 Å². The van der Waals surface area contributed by atoms with Crippen molar-refractivity contribution in [1.29, 1.82) is 0 Å². The number of rotatable bonds is 7. The molecule has 3 aromatic rings. The Kier molecular flexibility index (Phi) is 6.80. The van der Waals surface area contributed by atoms with Crippen LogP contribution < -0.4 is 0 Å². The van der Waals surface area contributed by atoms with E-state index in [4.69, 9.17) is 0 Å². The molecule has 0 saturated carbocycles. The molecule has 4 rings (SSSR count). The van der Waals surface area contributed by atoms with Gasteiger partial charge in [0.2, 0.25) is 0 Å². The highest BCUT2D eigenvalue weighted by Crippen LogP contribution is 2.29. The molecule has 0 unspecified atom stereocenters. The van der Waals surface area contributed by atoms with Crippen molar-refractivity contribution >= 4 is 6.21 Å². The number of allylic oxidation sites excluding steroid dienone is 1. The number of hydrogen-bond acceptors (Lipinski definition) is 4. The Bertz CT molecular complexity index is 970. The maximum Gasteiger partial charge on any atom is 0.127 e. The van der Waals surface area contributed by atoms with Crippen molar-refractivity contribution in [3.63, 3.8) is 0 Å². The largest absolute Gasteiger partial charge is 0.507 e. The van der Waals surface area contributed by atoms with E-state index in [0.717, 1.165) is 37.3 Å². The predicted molar refractivity (Wildman–Crippen MR) is 127 cm³/mol. The van der Waals surface area contributed by atoms with Crippen LogP contribution in [0.3, 0.4) is 0 Å². The van der Waals surface area contributed by atoms with Crippen LogP contribution in [0.4, 0.5) is 0 Å². The smallest absolute Gasteiger partial charge is 0.127 e. The first-order valence-corrected chi connectivity index (χ1v) is 10.8.